The van der Waals surface area contributed by atoms with Crippen molar-refractivity contribution in [1.29, 1.82) is 0 Å². The Kier molecular flexibility index (Phi) is 2.62. The Morgan fingerprint density at radius 3 is 2.32 bits per heavy atom. The SMILES string of the molecule is NCC1=C(NC2C3CC4CC(C3)CC2C4)OCC1=O. The topological polar surface area (TPSA) is 64.3 Å². The van der Waals surface area contributed by atoms with E-state index >= 15 is 0 Å². The summed E-state index contributed by atoms with van der Waals surface area (Å²) in [5, 5.41) is 3.55. The third-order valence-corrected chi connectivity index (χ3v) is 5.69. The van der Waals surface area contributed by atoms with Crippen LogP contribution >= 0.6 is 0 Å². The number of ether oxygens (including phenoxy) is 1. The van der Waals surface area contributed by atoms with Crippen molar-refractivity contribution in [3.63, 3.8) is 0 Å². The molecule has 1 aliphatic heterocycles. The van der Waals surface area contributed by atoms with E-state index in [0.717, 1.165) is 23.7 Å². The Morgan fingerprint density at radius 1 is 1.11 bits per heavy atom. The van der Waals surface area contributed by atoms with Gasteiger partial charge in [0.25, 0.3) is 0 Å². The lowest BCUT2D eigenvalue weighted by molar-refractivity contribution is -0.116. The molecule has 19 heavy (non-hydrogen) atoms. The smallest absolute Gasteiger partial charge is 0.202 e. The monoisotopic (exact) mass is 262 g/mol. The Labute approximate surface area is 113 Å². The van der Waals surface area contributed by atoms with Gasteiger partial charge in [-0.3, -0.25) is 4.79 Å². The van der Waals surface area contributed by atoms with Gasteiger partial charge in [-0.1, -0.05) is 0 Å². The summed E-state index contributed by atoms with van der Waals surface area (Å²) in [6, 6.07) is 0.509. The number of hydrogen-bond acceptors (Lipinski definition) is 4. The maximum absolute atomic E-state index is 11.7. The second-order valence-electron chi connectivity index (χ2n) is 6.82. The average molecular weight is 262 g/mol. The van der Waals surface area contributed by atoms with Crippen LogP contribution in [0.4, 0.5) is 0 Å². The van der Waals surface area contributed by atoms with Crippen LogP contribution in [0.25, 0.3) is 0 Å². The minimum Gasteiger partial charge on any atom is -0.470 e. The molecule has 5 aliphatic rings. The second-order valence-corrected chi connectivity index (χ2v) is 6.82. The molecule has 104 valence electrons. The summed E-state index contributed by atoms with van der Waals surface area (Å²) < 4.78 is 5.51. The molecule has 4 nitrogen and oxygen atoms in total. The number of hydrogen-bond donors (Lipinski definition) is 2. The Balaban J connectivity index is 1.54. The molecular weight excluding hydrogens is 240 g/mol. The number of ketones is 1. The van der Waals surface area contributed by atoms with Crippen LogP contribution in [0.15, 0.2) is 11.5 Å². The summed E-state index contributed by atoms with van der Waals surface area (Å²) in [5.41, 5.74) is 6.33. The number of rotatable bonds is 3. The van der Waals surface area contributed by atoms with Crippen molar-refractivity contribution in [2.45, 2.75) is 38.1 Å². The third-order valence-electron chi connectivity index (χ3n) is 5.69. The fourth-order valence-corrected chi connectivity index (χ4v) is 5.09. The standard InChI is InChI=1S/C15H22N2O2/c16-6-12-13(18)7-19-15(12)17-14-10-2-8-1-9(4-10)5-11(14)3-8/h8-11,14,17H,1-7,16H2. The summed E-state index contributed by atoms with van der Waals surface area (Å²) in [4.78, 5) is 11.7. The molecule has 0 aromatic heterocycles. The molecule has 0 aromatic carbocycles. The van der Waals surface area contributed by atoms with E-state index in [9.17, 15) is 4.79 Å². The van der Waals surface area contributed by atoms with Gasteiger partial charge < -0.3 is 15.8 Å². The number of nitrogens with two attached hydrogens (primary N) is 1. The molecule has 0 radical (unpaired) electrons. The first-order chi connectivity index (χ1) is 9.24. The highest BCUT2D eigenvalue weighted by Gasteiger charge is 2.48. The summed E-state index contributed by atoms with van der Waals surface area (Å²) in [7, 11) is 0. The van der Waals surface area contributed by atoms with Gasteiger partial charge in [0.15, 0.2) is 12.5 Å². The molecular formula is C15H22N2O2. The first kappa shape index (κ1) is 11.8. The van der Waals surface area contributed by atoms with Crippen LogP contribution < -0.4 is 11.1 Å². The van der Waals surface area contributed by atoms with E-state index in [4.69, 9.17) is 10.5 Å². The summed E-state index contributed by atoms with van der Waals surface area (Å²) in [6.45, 7) is 0.455. The van der Waals surface area contributed by atoms with Crippen molar-refractivity contribution in [2.24, 2.45) is 29.4 Å². The Bertz CT molecular complexity index is 415. The van der Waals surface area contributed by atoms with E-state index in [1.807, 2.05) is 0 Å². The van der Waals surface area contributed by atoms with Crippen molar-refractivity contribution in [2.75, 3.05) is 13.2 Å². The van der Waals surface area contributed by atoms with Crippen molar-refractivity contribution in [3.8, 4) is 0 Å². The average Bonchev–Trinajstić information content (AvgIpc) is 2.73. The van der Waals surface area contributed by atoms with Crippen LogP contribution in [0.1, 0.15) is 32.1 Å². The van der Waals surface area contributed by atoms with Crippen LogP contribution in [0, 0.1) is 23.7 Å². The largest absolute Gasteiger partial charge is 0.470 e. The normalized spacial score (nSPS) is 43.8. The van der Waals surface area contributed by atoms with Crippen molar-refractivity contribution < 1.29 is 9.53 Å². The lowest BCUT2D eigenvalue weighted by Gasteiger charge is -2.54. The minimum atomic E-state index is 0.0498. The van der Waals surface area contributed by atoms with Gasteiger partial charge in [0.05, 0.1) is 5.57 Å². The number of carbonyl (C=O) groups is 1. The molecule has 0 atom stereocenters. The fourth-order valence-electron chi connectivity index (χ4n) is 5.09. The van der Waals surface area contributed by atoms with Gasteiger partial charge >= 0.3 is 0 Å². The lowest BCUT2D eigenvalue weighted by Crippen LogP contribution is -2.54. The summed E-state index contributed by atoms with van der Waals surface area (Å²) >= 11 is 0. The molecule has 0 unspecified atom stereocenters. The van der Waals surface area contributed by atoms with Gasteiger partial charge in [-0.15, -0.1) is 0 Å². The highest BCUT2D eigenvalue weighted by Crippen LogP contribution is 2.53. The molecule has 4 heteroatoms. The lowest BCUT2D eigenvalue weighted by atomic mass is 9.54. The molecule has 0 saturated heterocycles. The zero-order valence-corrected chi connectivity index (χ0v) is 11.2. The predicted octanol–water partition coefficient (Wildman–Crippen LogP) is 1.17. The van der Waals surface area contributed by atoms with Gasteiger partial charge in [0.1, 0.15) is 0 Å². The summed E-state index contributed by atoms with van der Waals surface area (Å²) in [5.74, 6) is 4.23. The molecule has 0 aromatic rings. The summed E-state index contributed by atoms with van der Waals surface area (Å²) in [6.07, 6.45) is 6.92. The molecule has 3 N–H and O–H groups in total. The van der Waals surface area contributed by atoms with E-state index in [0.29, 0.717) is 17.5 Å². The third kappa shape index (κ3) is 1.80. The van der Waals surface area contributed by atoms with E-state index in [1.54, 1.807) is 0 Å². The minimum absolute atomic E-state index is 0.0498. The molecule has 1 heterocycles. The van der Waals surface area contributed by atoms with Gasteiger partial charge in [-0.25, -0.2) is 0 Å². The quantitative estimate of drug-likeness (QED) is 0.801. The van der Waals surface area contributed by atoms with Gasteiger partial charge in [-0.2, -0.15) is 0 Å². The highest BCUT2D eigenvalue weighted by molar-refractivity contribution is 5.98. The molecule has 4 fully saturated rings. The number of Topliss-reactive ketones (excluding diaryl/α,β-unsaturated/α-hetero) is 1. The van der Waals surface area contributed by atoms with E-state index in [1.165, 1.54) is 32.1 Å². The van der Waals surface area contributed by atoms with E-state index in [-0.39, 0.29) is 18.9 Å². The van der Waals surface area contributed by atoms with Crippen LogP contribution in [0.2, 0.25) is 0 Å². The molecule has 5 rings (SSSR count). The first-order valence-electron chi connectivity index (χ1n) is 7.60. The van der Waals surface area contributed by atoms with Gasteiger partial charge in [-0.05, 0) is 55.8 Å². The van der Waals surface area contributed by atoms with Gasteiger partial charge in [0.2, 0.25) is 5.78 Å². The molecule has 4 bridgehead atoms. The van der Waals surface area contributed by atoms with Crippen molar-refractivity contribution in [1.82, 2.24) is 5.32 Å². The van der Waals surface area contributed by atoms with Crippen molar-refractivity contribution >= 4 is 5.78 Å². The van der Waals surface area contributed by atoms with E-state index < -0.39 is 0 Å². The highest BCUT2D eigenvalue weighted by atomic mass is 16.5. The first-order valence-corrected chi connectivity index (χ1v) is 7.60. The zero-order chi connectivity index (χ0) is 13.0. The number of carbonyl (C=O) groups excluding carboxylic acids is 1. The van der Waals surface area contributed by atoms with Crippen LogP contribution in [0.3, 0.4) is 0 Å². The fraction of sp³-hybridized carbons (Fsp3) is 0.800. The van der Waals surface area contributed by atoms with Crippen molar-refractivity contribution in [3.05, 3.63) is 11.5 Å². The zero-order valence-electron chi connectivity index (χ0n) is 11.2. The van der Waals surface area contributed by atoms with Crippen LogP contribution in [-0.4, -0.2) is 25.0 Å². The van der Waals surface area contributed by atoms with Gasteiger partial charge in [0, 0.05) is 12.6 Å². The predicted molar refractivity (Wildman–Crippen MR) is 71.0 cm³/mol. The molecule has 4 saturated carbocycles. The Hall–Kier alpha value is -1.03. The van der Waals surface area contributed by atoms with Crippen LogP contribution in [0.5, 0.6) is 0 Å². The molecule has 4 aliphatic carbocycles. The maximum Gasteiger partial charge on any atom is 0.202 e. The number of nitrogens with one attached hydrogen (secondary N) is 1. The Morgan fingerprint density at radius 2 is 1.74 bits per heavy atom. The second kappa shape index (κ2) is 4.23. The van der Waals surface area contributed by atoms with E-state index in [2.05, 4.69) is 5.32 Å². The molecule has 0 spiro atoms. The van der Waals surface area contributed by atoms with Crippen LogP contribution in [-0.2, 0) is 9.53 Å². The molecule has 0 amide bonds. The maximum atomic E-state index is 11.7.